The van der Waals surface area contributed by atoms with Gasteiger partial charge in [0.2, 0.25) is 15.9 Å². The molecule has 8 heteroatoms. The first-order valence-electron chi connectivity index (χ1n) is 7.59. The van der Waals surface area contributed by atoms with E-state index in [0.717, 1.165) is 0 Å². The maximum atomic E-state index is 13.5. The van der Waals surface area contributed by atoms with E-state index in [2.05, 4.69) is 10.0 Å². The summed E-state index contributed by atoms with van der Waals surface area (Å²) in [6.07, 6.45) is -0.0253. The lowest BCUT2D eigenvalue weighted by Crippen LogP contribution is -2.33. The lowest BCUT2D eigenvalue weighted by atomic mass is 10.3. The second kappa shape index (κ2) is 8.09. The first kappa shape index (κ1) is 18.9. The topological polar surface area (TPSA) is 84.5 Å². The summed E-state index contributed by atoms with van der Waals surface area (Å²) in [6.45, 7) is 3.21. The number of hydrogen-bond donors (Lipinski definition) is 2. The van der Waals surface area contributed by atoms with Crippen LogP contribution in [0.15, 0.2) is 53.4 Å². The number of nitrogens with one attached hydrogen (secondary N) is 2. The van der Waals surface area contributed by atoms with Crippen LogP contribution in [0.4, 0.5) is 10.1 Å². The molecule has 0 saturated carbocycles. The molecule has 0 saturated heterocycles. The molecule has 0 heterocycles. The summed E-state index contributed by atoms with van der Waals surface area (Å²) in [7, 11) is -3.86. The van der Waals surface area contributed by atoms with E-state index in [1.165, 1.54) is 42.5 Å². The number of anilines is 1. The first-order chi connectivity index (χ1) is 11.8. The van der Waals surface area contributed by atoms with Gasteiger partial charge in [-0.05, 0) is 50.2 Å². The van der Waals surface area contributed by atoms with Crippen molar-refractivity contribution in [1.29, 1.82) is 0 Å². The number of halogens is 1. The minimum absolute atomic E-state index is 0.00213. The van der Waals surface area contributed by atoms with E-state index in [1.807, 2.05) is 13.8 Å². The number of rotatable bonds is 7. The number of para-hydroxylation sites is 1. The third-order valence-electron chi connectivity index (χ3n) is 3.08. The Kier molecular flexibility index (Phi) is 6.11. The fraction of sp³-hybridized carbons (Fsp3) is 0.235. The Bertz CT molecular complexity index is 836. The van der Waals surface area contributed by atoms with E-state index >= 15 is 0 Å². The zero-order valence-corrected chi connectivity index (χ0v) is 14.6. The van der Waals surface area contributed by atoms with Crippen LogP contribution >= 0.6 is 0 Å². The van der Waals surface area contributed by atoms with Crippen LogP contribution in [0.25, 0.3) is 0 Å². The minimum atomic E-state index is -3.86. The van der Waals surface area contributed by atoms with Crippen molar-refractivity contribution < 1.29 is 22.3 Å². The van der Waals surface area contributed by atoms with Gasteiger partial charge in [-0.3, -0.25) is 4.79 Å². The molecule has 2 aromatic carbocycles. The zero-order chi connectivity index (χ0) is 18.4. The van der Waals surface area contributed by atoms with E-state index < -0.39 is 28.3 Å². The molecule has 0 spiro atoms. The molecule has 0 bridgehead atoms. The molecule has 1 amide bonds. The Labute approximate surface area is 146 Å². The van der Waals surface area contributed by atoms with Crippen molar-refractivity contribution in [2.24, 2.45) is 0 Å². The van der Waals surface area contributed by atoms with E-state index in [4.69, 9.17) is 4.74 Å². The number of sulfonamides is 1. The van der Waals surface area contributed by atoms with Crippen LogP contribution in [0, 0.1) is 5.82 Å². The Morgan fingerprint density at radius 2 is 1.76 bits per heavy atom. The molecular formula is C17H19FN2O4S. The molecule has 0 atom stereocenters. The molecule has 25 heavy (non-hydrogen) atoms. The molecule has 2 N–H and O–H groups in total. The normalized spacial score (nSPS) is 11.4. The second-order valence-electron chi connectivity index (χ2n) is 5.49. The molecule has 0 aromatic heterocycles. The number of amides is 1. The van der Waals surface area contributed by atoms with Crippen LogP contribution in [0.5, 0.6) is 5.75 Å². The molecule has 6 nitrogen and oxygen atoms in total. The maximum absolute atomic E-state index is 13.5. The Hall–Kier alpha value is -2.45. The van der Waals surface area contributed by atoms with Gasteiger partial charge in [0.25, 0.3) is 0 Å². The van der Waals surface area contributed by atoms with Gasteiger partial charge in [-0.1, -0.05) is 12.1 Å². The number of carbonyl (C=O) groups excluding carboxylic acids is 1. The van der Waals surface area contributed by atoms with Crippen LogP contribution < -0.4 is 14.8 Å². The molecule has 0 aliphatic carbocycles. The molecular weight excluding hydrogens is 347 g/mol. The Morgan fingerprint density at radius 1 is 1.12 bits per heavy atom. The number of ether oxygens (including phenoxy) is 1. The van der Waals surface area contributed by atoms with Crippen molar-refractivity contribution in [2.45, 2.75) is 24.8 Å². The van der Waals surface area contributed by atoms with E-state index in [9.17, 15) is 17.6 Å². The smallest absolute Gasteiger partial charge is 0.241 e. The molecule has 0 aliphatic heterocycles. The van der Waals surface area contributed by atoms with Crippen molar-refractivity contribution >= 4 is 21.6 Å². The Balaban J connectivity index is 1.96. The number of carbonyl (C=O) groups is 1. The van der Waals surface area contributed by atoms with E-state index in [-0.39, 0.29) is 16.7 Å². The average Bonchev–Trinajstić information content (AvgIpc) is 2.55. The van der Waals surface area contributed by atoms with Crippen LogP contribution in [0.1, 0.15) is 13.8 Å². The fourth-order valence-corrected chi connectivity index (χ4v) is 2.95. The molecule has 0 aliphatic rings. The van der Waals surface area contributed by atoms with Gasteiger partial charge in [-0.15, -0.1) is 0 Å². The van der Waals surface area contributed by atoms with Crippen molar-refractivity contribution in [3.63, 3.8) is 0 Å². The highest BCUT2D eigenvalue weighted by Gasteiger charge is 2.16. The third-order valence-corrected chi connectivity index (χ3v) is 4.49. The molecule has 134 valence electrons. The summed E-state index contributed by atoms with van der Waals surface area (Å²) in [4.78, 5) is 11.8. The molecule has 2 aromatic rings. The molecule has 0 radical (unpaired) electrons. The standard InChI is InChI=1S/C17H19FN2O4S/c1-12(2)24-13-7-9-14(10-8-13)25(22,23)19-11-17(21)20-16-6-4-3-5-15(16)18/h3-10,12,19H,11H2,1-2H3,(H,20,21). The van der Waals surface area contributed by atoms with Crippen LogP contribution in [-0.4, -0.2) is 27.0 Å². The number of benzene rings is 2. The fourth-order valence-electron chi connectivity index (χ4n) is 1.97. The molecule has 0 fully saturated rings. The van der Waals surface area contributed by atoms with Gasteiger partial charge in [-0.25, -0.2) is 17.5 Å². The van der Waals surface area contributed by atoms with Gasteiger partial charge in [-0.2, -0.15) is 0 Å². The van der Waals surface area contributed by atoms with Crippen LogP contribution in [0.2, 0.25) is 0 Å². The highest BCUT2D eigenvalue weighted by molar-refractivity contribution is 7.89. The van der Waals surface area contributed by atoms with Gasteiger partial charge in [0.1, 0.15) is 11.6 Å². The Morgan fingerprint density at radius 3 is 2.36 bits per heavy atom. The van der Waals surface area contributed by atoms with Crippen LogP contribution in [0.3, 0.4) is 0 Å². The quantitative estimate of drug-likeness (QED) is 0.789. The summed E-state index contributed by atoms with van der Waals surface area (Å²) in [5, 5.41) is 2.30. The summed E-state index contributed by atoms with van der Waals surface area (Å²) in [5.74, 6) is -0.723. The van der Waals surface area contributed by atoms with Gasteiger partial charge in [0.15, 0.2) is 0 Å². The summed E-state index contributed by atoms with van der Waals surface area (Å²) in [5.41, 5.74) is -0.0121. The number of hydrogen-bond acceptors (Lipinski definition) is 4. The molecule has 2 rings (SSSR count). The predicted octanol–water partition coefficient (Wildman–Crippen LogP) is 2.53. The lowest BCUT2D eigenvalue weighted by molar-refractivity contribution is -0.115. The second-order valence-corrected chi connectivity index (χ2v) is 7.26. The SMILES string of the molecule is CC(C)Oc1ccc(S(=O)(=O)NCC(=O)Nc2ccccc2F)cc1. The summed E-state index contributed by atoms with van der Waals surface area (Å²) < 4.78 is 45.4. The van der Waals surface area contributed by atoms with Crippen LogP contribution in [-0.2, 0) is 14.8 Å². The maximum Gasteiger partial charge on any atom is 0.241 e. The molecule has 0 unspecified atom stereocenters. The third kappa shape index (κ3) is 5.54. The van der Waals surface area contributed by atoms with Gasteiger partial charge in [0.05, 0.1) is 23.2 Å². The van der Waals surface area contributed by atoms with Crippen molar-refractivity contribution in [3.8, 4) is 5.75 Å². The van der Waals surface area contributed by atoms with E-state index in [0.29, 0.717) is 5.75 Å². The summed E-state index contributed by atoms with van der Waals surface area (Å²) in [6, 6.07) is 11.5. The monoisotopic (exact) mass is 366 g/mol. The highest BCUT2D eigenvalue weighted by atomic mass is 32.2. The lowest BCUT2D eigenvalue weighted by Gasteiger charge is -2.11. The van der Waals surface area contributed by atoms with E-state index in [1.54, 1.807) is 6.07 Å². The van der Waals surface area contributed by atoms with Gasteiger partial charge >= 0.3 is 0 Å². The highest BCUT2D eigenvalue weighted by Crippen LogP contribution is 2.17. The predicted molar refractivity (Wildman–Crippen MR) is 92.4 cm³/mol. The van der Waals surface area contributed by atoms with Gasteiger partial charge < -0.3 is 10.1 Å². The summed E-state index contributed by atoms with van der Waals surface area (Å²) >= 11 is 0. The first-order valence-corrected chi connectivity index (χ1v) is 9.07. The van der Waals surface area contributed by atoms with Gasteiger partial charge in [0, 0.05) is 0 Å². The van der Waals surface area contributed by atoms with Crippen molar-refractivity contribution in [1.82, 2.24) is 4.72 Å². The largest absolute Gasteiger partial charge is 0.491 e. The minimum Gasteiger partial charge on any atom is -0.491 e. The van der Waals surface area contributed by atoms with Crippen molar-refractivity contribution in [3.05, 3.63) is 54.3 Å². The average molecular weight is 366 g/mol. The van der Waals surface area contributed by atoms with Crippen molar-refractivity contribution in [2.75, 3.05) is 11.9 Å². The zero-order valence-electron chi connectivity index (χ0n) is 13.8.